The summed E-state index contributed by atoms with van der Waals surface area (Å²) >= 11 is 1.40. The topological polar surface area (TPSA) is 83.6 Å². The minimum absolute atomic E-state index is 0.113. The zero-order valence-corrected chi connectivity index (χ0v) is 18.6. The summed E-state index contributed by atoms with van der Waals surface area (Å²) in [6.45, 7) is 7.66. The number of hydrogen-bond acceptors (Lipinski definition) is 6. The summed E-state index contributed by atoms with van der Waals surface area (Å²) in [5.41, 5.74) is 5.53. The molecule has 2 rings (SSSR count). The van der Waals surface area contributed by atoms with E-state index in [4.69, 9.17) is 4.74 Å². The molecule has 0 radical (unpaired) electrons. The van der Waals surface area contributed by atoms with Gasteiger partial charge in [0.05, 0.1) is 18.8 Å². The number of ether oxygens (including phenoxy) is 1. The first-order valence-electron chi connectivity index (χ1n) is 9.58. The van der Waals surface area contributed by atoms with Crippen molar-refractivity contribution < 1.29 is 14.3 Å². The van der Waals surface area contributed by atoms with Crippen LogP contribution in [0, 0.1) is 20.8 Å². The fourth-order valence-electron chi connectivity index (χ4n) is 3.24. The highest BCUT2D eigenvalue weighted by Crippen LogP contribution is 2.30. The van der Waals surface area contributed by atoms with Crippen LogP contribution in [-0.4, -0.2) is 62.1 Å². The molecule has 1 aromatic carbocycles. The Hall–Kier alpha value is -2.29. The van der Waals surface area contributed by atoms with Crippen LogP contribution in [0.3, 0.4) is 0 Å². The second kappa shape index (κ2) is 11.0. The number of benzene rings is 1. The van der Waals surface area contributed by atoms with E-state index in [1.807, 2.05) is 5.38 Å². The van der Waals surface area contributed by atoms with Crippen LogP contribution in [0.25, 0.3) is 11.3 Å². The first-order chi connectivity index (χ1) is 13.8. The SMILES string of the molecule is COCCCNC(=O)CN(C)CC(=O)Nc1nc(-c2c(C)cc(C)cc2C)cs1. The molecule has 0 aliphatic rings. The Morgan fingerprint density at radius 2 is 1.79 bits per heavy atom. The third-order valence-electron chi connectivity index (χ3n) is 4.36. The van der Waals surface area contributed by atoms with E-state index in [1.54, 1.807) is 19.1 Å². The summed E-state index contributed by atoms with van der Waals surface area (Å²) in [5, 5.41) is 8.14. The third kappa shape index (κ3) is 7.23. The zero-order chi connectivity index (χ0) is 21.4. The predicted molar refractivity (Wildman–Crippen MR) is 117 cm³/mol. The molecule has 0 aliphatic heterocycles. The van der Waals surface area contributed by atoms with Gasteiger partial charge in [0.2, 0.25) is 11.8 Å². The largest absolute Gasteiger partial charge is 0.385 e. The molecule has 0 unspecified atom stereocenters. The van der Waals surface area contributed by atoms with Gasteiger partial charge in [-0.2, -0.15) is 0 Å². The summed E-state index contributed by atoms with van der Waals surface area (Å²) in [5.74, 6) is -0.309. The molecule has 0 saturated heterocycles. The van der Waals surface area contributed by atoms with E-state index in [0.717, 1.165) is 17.7 Å². The monoisotopic (exact) mass is 418 g/mol. The highest BCUT2D eigenvalue weighted by atomic mass is 32.1. The molecule has 1 aromatic heterocycles. The van der Waals surface area contributed by atoms with Crippen LogP contribution in [0.15, 0.2) is 17.5 Å². The van der Waals surface area contributed by atoms with Crippen LogP contribution in [0.4, 0.5) is 5.13 Å². The molecular weight excluding hydrogens is 388 g/mol. The van der Waals surface area contributed by atoms with Gasteiger partial charge in [-0.3, -0.25) is 14.5 Å². The Balaban J connectivity index is 1.87. The van der Waals surface area contributed by atoms with Crippen LogP contribution < -0.4 is 10.6 Å². The van der Waals surface area contributed by atoms with E-state index in [2.05, 4.69) is 48.5 Å². The van der Waals surface area contributed by atoms with Gasteiger partial charge in [-0.05, 0) is 45.4 Å². The summed E-state index contributed by atoms with van der Waals surface area (Å²) in [6, 6.07) is 4.27. The van der Waals surface area contributed by atoms with Crippen molar-refractivity contribution in [2.45, 2.75) is 27.2 Å². The number of carbonyl (C=O) groups excluding carboxylic acids is 2. The molecular formula is C21H30N4O3S. The summed E-state index contributed by atoms with van der Waals surface area (Å²) < 4.78 is 4.94. The molecule has 0 atom stereocenters. The van der Waals surface area contributed by atoms with Gasteiger partial charge in [0, 0.05) is 31.2 Å². The number of methoxy groups -OCH3 is 1. The number of nitrogens with one attached hydrogen (secondary N) is 2. The fraction of sp³-hybridized carbons (Fsp3) is 0.476. The van der Waals surface area contributed by atoms with Gasteiger partial charge < -0.3 is 15.4 Å². The molecule has 8 heteroatoms. The first-order valence-corrected chi connectivity index (χ1v) is 10.5. The lowest BCUT2D eigenvalue weighted by Crippen LogP contribution is -2.39. The van der Waals surface area contributed by atoms with Crippen LogP contribution in [0.2, 0.25) is 0 Å². The predicted octanol–water partition coefficient (Wildman–Crippen LogP) is 2.76. The number of nitrogens with zero attached hydrogens (tertiary/aromatic N) is 2. The van der Waals surface area contributed by atoms with Crippen molar-refractivity contribution >= 4 is 28.3 Å². The lowest BCUT2D eigenvalue weighted by molar-refractivity contribution is -0.123. The van der Waals surface area contributed by atoms with E-state index < -0.39 is 0 Å². The number of hydrogen-bond donors (Lipinski definition) is 2. The maximum Gasteiger partial charge on any atom is 0.240 e. The van der Waals surface area contributed by atoms with Crippen LogP contribution in [0.1, 0.15) is 23.1 Å². The van der Waals surface area contributed by atoms with Gasteiger partial charge in [-0.15, -0.1) is 11.3 Å². The Kier molecular flexibility index (Phi) is 8.75. The third-order valence-corrected chi connectivity index (χ3v) is 5.12. The van der Waals surface area contributed by atoms with Crippen LogP contribution >= 0.6 is 11.3 Å². The normalized spacial score (nSPS) is 11.0. The molecule has 2 amide bonds. The second-order valence-corrected chi connectivity index (χ2v) is 8.09. The molecule has 0 saturated carbocycles. The number of thiazole rings is 1. The van der Waals surface area contributed by atoms with Crippen molar-refractivity contribution in [2.24, 2.45) is 0 Å². The number of amides is 2. The Bertz CT molecular complexity index is 827. The van der Waals surface area contributed by atoms with Crippen LogP contribution in [0.5, 0.6) is 0 Å². The van der Waals surface area contributed by atoms with Crippen molar-refractivity contribution in [1.29, 1.82) is 0 Å². The molecule has 2 aromatic rings. The first kappa shape index (κ1) is 23.0. The smallest absolute Gasteiger partial charge is 0.240 e. The molecule has 158 valence electrons. The average molecular weight is 419 g/mol. The summed E-state index contributed by atoms with van der Waals surface area (Å²) in [6.07, 6.45) is 0.763. The molecule has 0 aliphatic carbocycles. The molecule has 0 spiro atoms. The molecule has 0 bridgehead atoms. The number of carbonyl (C=O) groups is 2. The number of rotatable bonds is 10. The maximum atomic E-state index is 12.3. The van der Waals surface area contributed by atoms with Gasteiger partial charge in [0.15, 0.2) is 5.13 Å². The molecule has 2 N–H and O–H groups in total. The van der Waals surface area contributed by atoms with Crippen molar-refractivity contribution in [3.05, 3.63) is 34.2 Å². The fourth-order valence-corrected chi connectivity index (χ4v) is 3.95. The van der Waals surface area contributed by atoms with Crippen molar-refractivity contribution in [3.63, 3.8) is 0 Å². The minimum atomic E-state index is -0.196. The summed E-state index contributed by atoms with van der Waals surface area (Å²) in [7, 11) is 3.36. The van der Waals surface area contributed by atoms with Gasteiger partial charge in [0.1, 0.15) is 0 Å². The molecule has 29 heavy (non-hydrogen) atoms. The van der Waals surface area contributed by atoms with Crippen molar-refractivity contribution in [1.82, 2.24) is 15.2 Å². The Morgan fingerprint density at radius 1 is 1.14 bits per heavy atom. The van der Waals surface area contributed by atoms with E-state index in [1.165, 1.54) is 28.0 Å². The standard InChI is InChI=1S/C21H30N4O3S/c1-14-9-15(2)20(16(3)10-14)17-13-29-21(23-17)24-19(27)12-25(4)11-18(26)22-7-6-8-28-5/h9-10,13H,6-8,11-12H2,1-5H3,(H,22,26)(H,23,24,27). The van der Waals surface area contributed by atoms with Crippen molar-refractivity contribution in [3.8, 4) is 11.3 Å². The number of aryl methyl sites for hydroxylation is 3. The molecule has 0 fully saturated rings. The zero-order valence-electron chi connectivity index (χ0n) is 17.8. The second-order valence-electron chi connectivity index (χ2n) is 7.23. The average Bonchev–Trinajstić information content (AvgIpc) is 3.05. The maximum absolute atomic E-state index is 12.3. The quantitative estimate of drug-likeness (QED) is 0.580. The number of likely N-dealkylation sites (N-methyl/N-ethyl adjacent to an activating group) is 1. The van der Waals surface area contributed by atoms with Crippen LogP contribution in [-0.2, 0) is 14.3 Å². The van der Waals surface area contributed by atoms with Gasteiger partial charge in [-0.1, -0.05) is 17.7 Å². The van der Waals surface area contributed by atoms with Gasteiger partial charge in [-0.25, -0.2) is 4.98 Å². The van der Waals surface area contributed by atoms with Gasteiger partial charge >= 0.3 is 0 Å². The lowest BCUT2D eigenvalue weighted by atomic mass is 9.98. The molecule has 7 nitrogen and oxygen atoms in total. The molecule has 1 heterocycles. The Morgan fingerprint density at radius 3 is 2.45 bits per heavy atom. The van der Waals surface area contributed by atoms with Gasteiger partial charge in [0.25, 0.3) is 0 Å². The number of anilines is 1. The van der Waals surface area contributed by atoms with E-state index in [-0.39, 0.29) is 24.9 Å². The van der Waals surface area contributed by atoms with E-state index >= 15 is 0 Å². The van der Waals surface area contributed by atoms with E-state index in [9.17, 15) is 9.59 Å². The lowest BCUT2D eigenvalue weighted by Gasteiger charge is -2.15. The highest BCUT2D eigenvalue weighted by Gasteiger charge is 2.14. The van der Waals surface area contributed by atoms with Crippen molar-refractivity contribution in [2.75, 3.05) is 45.7 Å². The Labute approximate surface area is 176 Å². The summed E-state index contributed by atoms with van der Waals surface area (Å²) in [4.78, 5) is 30.4. The van der Waals surface area contributed by atoms with E-state index in [0.29, 0.717) is 18.3 Å². The minimum Gasteiger partial charge on any atom is -0.385 e. The highest BCUT2D eigenvalue weighted by molar-refractivity contribution is 7.14. The number of aromatic nitrogens is 1.